The van der Waals surface area contributed by atoms with Crippen molar-refractivity contribution in [2.75, 3.05) is 5.32 Å². The van der Waals surface area contributed by atoms with Gasteiger partial charge in [0.05, 0.1) is 18.2 Å². The molecule has 3 heterocycles. The van der Waals surface area contributed by atoms with Crippen LogP contribution in [0.2, 0.25) is 0 Å². The molecule has 0 saturated heterocycles. The summed E-state index contributed by atoms with van der Waals surface area (Å²) in [7, 11) is 0. The highest BCUT2D eigenvalue weighted by Gasteiger charge is 2.19. The van der Waals surface area contributed by atoms with Gasteiger partial charge in [0, 0.05) is 5.69 Å². The van der Waals surface area contributed by atoms with Gasteiger partial charge in [0.1, 0.15) is 29.6 Å². The van der Waals surface area contributed by atoms with Crippen LogP contribution < -0.4 is 5.32 Å². The van der Waals surface area contributed by atoms with Gasteiger partial charge in [0.15, 0.2) is 0 Å². The number of hydrogen-bond donors (Lipinski definition) is 2. The van der Waals surface area contributed by atoms with Crippen LogP contribution >= 0.6 is 0 Å². The predicted molar refractivity (Wildman–Crippen MR) is 85.5 cm³/mol. The largest absolute Gasteiger partial charge is 0.480 e. The second kappa shape index (κ2) is 5.75. The molecule has 2 N–H and O–H groups in total. The SMILES string of the molecule is Cc1c(C)n(Cc2ccco2)c2ncnc(NC(C)C(=O)O)c12. The van der Waals surface area contributed by atoms with E-state index in [-0.39, 0.29) is 0 Å². The summed E-state index contributed by atoms with van der Waals surface area (Å²) in [6.07, 6.45) is 3.08. The lowest BCUT2D eigenvalue weighted by molar-refractivity contribution is -0.137. The van der Waals surface area contributed by atoms with Gasteiger partial charge < -0.3 is 19.4 Å². The summed E-state index contributed by atoms with van der Waals surface area (Å²) in [4.78, 5) is 19.7. The van der Waals surface area contributed by atoms with Crippen LogP contribution in [0, 0.1) is 13.8 Å². The number of carboxylic acids is 1. The summed E-state index contributed by atoms with van der Waals surface area (Å²) in [5.74, 6) is 0.432. The molecule has 0 bridgehead atoms. The fraction of sp³-hybridized carbons (Fsp3) is 0.312. The second-order valence-electron chi connectivity index (χ2n) is 5.50. The predicted octanol–water partition coefficient (Wildman–Crippen LogP) is 2.57. The molecular formula is C16H18N4O3. The summed E-state index contributed by atoms with van der Waals surface area (Å²) in [6, 6.07) is 3.02. The summed E-state index contributed by atoms with van der Waals surface area (Å²) >= 11 is 0. The van der Waals surface area contributed by atoms with Crippen molar-refractivity contribution in [3.05, 3.63) is 41.7 Å². The molecule has 0 spiro atoms. The molecule has 7 heteroatoms. The first-order valence-corrected chi connectivity index (χ1v) is 7.31. The molecule has 0 aliphatic carbocycles. The third-order valence-electron chi connectivity index (χ3n) is 4.02. The maximum atomic E-state index is 11.1. The first kappa shape index (κ1) is 15.1. The minimum atomic E-state index is -0.929. The Balaban J connectivity index is 2.10. The van der Waals surface area contributed by atoms with Crippen molar-refractivity contribution < 1.29 is 14.3 Å². The minimum absolute atomic E-state index is 0.531. The second-order valence-corrected chi connectivity index (χ2v) is 5.50. The number of aryl methyl sites for hydroxylation is 1. The van der Waals surface area contributed by atoms with E-state index in [4.69, 9.17) is 9.52 Å². The van der Waals surface area contributed by atoms with Crippen molar-refractivity contribution in [3.63, 3.8) is 0 Å². The number of nitrogens with zero attached hydrogens (tertiary/aromatic N) is 3. The Morgan fingerprint density at radius 2 is 2.22 bits per heavy atom. The molecule has 0 radical (unpaired) electrons. The summed E-state index contributed by atoms with van der Waals surface area (Å²) in [5.41, 5.74) is 2.82. The molecule has 3 rings (SSSR count). The topological polar surface area (TPSA) is 93.2 Å². The molecule has 3 aromatic rings. The average Bonchev–Trinajstić information content (AvgIpc) is 3.11. The summed E-state index contributed by atoms with van der Waals surface area (Å²) < 4.78 is 7.46. The molecule has 7 nitrogen and oxygen atoms in total. The lowest BCUT2D eigenvalue weighted by atomic mass is 10.2. The normalized spacial score (nSPS) is 12.5. The van der Waals surface area contributed by atoms with E-state index in [1.807, 2.05) is 30.5 Å². The van der Waals surface area contributed by atoms with Crippen LogP contribution in [0.15, 0.2) is 29.1 Å². The Labute approximate surface area is 133 Å². The quantitative estimate of drug-likeness (QED) is 0.752. The Bertz CT molecular complexity index is 852. The van der Waals surface area contributed by atoms with Crippen LogP contribution in [0.25, 0.3) is 11.0 Å². The molecule has 0 aliphatic heterocycles. The van der Waals surface area contributed by atoms with Crippen molar-refractivity contribution in [1.82, 2.24) is 14.5 Å². The van der Waals surface area contributed by atoms with E-state index in [1.54, 1.807) is 13.2 Å². The molecule has 1 atom stereocenters. The van der Waals surface area contributed by atoms with Gasteiger partial charge in [-0.1, -0.05) is 0 Å². The van der Waals surface area contributed by atoms with Crippen LogP contribution in [-0.2, 0) is 11.3 Å². The zero-order valence-corrected chi connectivity index (χ0v) is 13.2. The van der Waals surface area contributed by atoms with Crippen LogP contribution in [-0.4, -0.2) is 31.7 Å². The molecule has 0 aliphatic rings. The molecule has 0 aromatic carbocycles. The van der Waals surface area contributed by atoms with Crippen molar-refractivity contribution in [1.29, 1.82) is 0 Å². The third kappa shape index (κ3) is 2.65. The number of fused-ring (bicyclic) bond motifs is 1. The average molecular weight is 314 g/mol. The molecule has 23 heavy (non-hydrogen) atoms. The van der Waals surface area contributed by atoms with Gasteiger partial charge in [-0.2, -0.15) is 0 Å². The van der Waals surface area contributed by atoms with E-state index >= 15 is 0 Å². The van der Waals surface area contributed by atoms with Crippen molar-refractivity contribution in [2.45, 2.75) is 33.4 Å². The number of rotatable bonds is 5. The lowest BCUT2D eigenvalue weighted by Crippen LogP contribution is -2.26. The Kier molecular flexibility index (Phi) is 3.77. The first-order valence-electron chi connectivity index (χ1n) is 7.31. The third-order valence-corrected chi connectivity index (χ3v) is 4.02. The highest BCUT2D eigenvalue weighted by atomic mass is 16.4. The molecule has 0 fully saturated rings. The minimum Gasteiger partial charge on any atom is -0.480 e. The Hall–Kier alpha value is -2.83. The van der Waals surface area contributed by atoms with E-state index in [0.29, 0.717) is 12.4 Å². The Morgan fingerprint density at radius 3 is 2.87 bits per heavy atom. The van der Waals surface area contributed by atoms with Crippen molar-refractivity contribution >= 4 is 22.8 Å². The van der Waals surface area contributed by atoms with Crippen LogP contribution in [0.4, 0.5) is 5.82 Å². The fourth-order valence-electron chi connectivity index (χ4n) is 2.60. The number of hydrogen-bond acceptors (Lipinski definition) is 5. The van der Waals surface area contributed by atoms with Gasteiger partial charge in [0.2, 0.25) is 0 Å². The highest BCUT2D eigenvalue weighted by Crippen LogP contribution is 2.29. The molecule has 3 aromatic heterocycles. The number of carbonyl (C=O) groups is 1. The van der Waals surface area contributed by atoms with E-state index in [1.165, 1.54) is 6.33 Å². The van der Waals surface area contributed by atoms with Gasteiger partial charge in [0.25, 0.3) is 0 Å². The van der Waals surface area contributed by atoms with Gasteiger partial charge in [-0.3, -0.25) is 4.79 Å². The molecular weight excluding hydrogens is 296 g/mol. The number of anilines is 1. The van der Waals surface area contributed by atoms with E-state index in [0.717, 1.165) is 28.1 Å². The molecule has 0 amide bonds. The highest BCUT2D eigenvalue weighted by molar-refractivity contribution is 5.93. The number of nitrogens with one attached hydrogen (secondary N) is 1. The van der Waals surface area contributed by atoms with Crippen molar-refractivity contribution in [3.8, 4) is 0 Å². The molecule has 0 saturated carbocycles. The van der Waals surface area contributed by atoms with Crippen LogP contribution in [0.5, 0.6) is 0 Å². The standard InChI is InChI=1S/C16H18N4O3/c1-9-11(3)20(7-12-5-4-6-23-12)15-13(9)14(17-8-18-15)19-10(2)16(21)22/h4-6,8,10H,7H2,1-3H3,(H,21,22)(H,17,18,19). The zero-order chi connectivity index (χ0) is 16.6. The molecule has 120 valence electrons. The number of aromatic nitrogens is 3. The maximum Gasteiger partial charge on any atom is 0.325 e. The number of aliphatic carboxylic acids is 1. The fourth-order valence-corrected chi connectivity index (χ4v) is 2.60. The number of furan rings is 1. The molecule has 1 unspecified atom stereocenters. The van der Waals surface area contributed by atoms with Gasteiger partial charge >= 0.3 is 5.97 Å². The van der Waals surface area contributed by atoms with E-state index in [9.17, 15) is 4.79 Å². The van der Waals surface area contributed by atoms with Gasteiger partial charge in [-0.25, -0.2) is 9.97 Å². The smallest absolute Gasteiger partial charge is 0.325 e. The van der Waals surface area contributed by atoms with Crippen LogP contribution in [0.1, 0.15) is 23.9 Å². The Morgan fingerprint density at radius 1 is 1.43 bits per heavy atom. The van der Waals surface area contributed by atoms with Gasteiger partial charge in [-0.15, -0.1) is 0 Å². The van der Waals surface area contributed by atoms with E-state index < -0.39 is 12.0 Å². The van der Waals surface area contributed by atoms with Crippen molar-refractivity contribution in [2.24, 2.45) is 0 Å². The van der Waals surface area contributed by atoms with Gasteiger partial charge in [-0.05, 0) is 38.5 Å². The monoisotopic (exact) mass is 314 g/mol. The lowest BCUT2D eigenvalue weighted by Gasteiger charge is -2.11. The summed E-state index contributed by atoms with van der Waals surface area (Å²) in [6.45, 7) is 6.13. The number of carboxylic acid groups (broad SMARTS) is 1. The first-order chi connectivity index (χ1) is 11.0. The summed E-state index contributed by atoms with van der Waals surface area (Å²) in [5, 5.41) is 12.9. The van der Waals surface area contributed by atoms with E-state index in [2.05, 4.69) is 15.3 Å². The van der Waals surface area contributed by atoms with Crippen LogP contribution in [0.3, 0.4) is 0 Å². The zero-order valence-electron chi connectivity index (χ0n) is 13.2. The maximum absolute atomic E-state index is 11.1.